The highest BCUT2D eigenvalue weighted by molar-refractivity contribution is 9.10. The van der Waals surface area contributed by atoms with Crippen LogP contribution in [0, 0.1) is 0 Å². The van der Waals surface area contributed by atoms with E-state index in [0.717, 1.165) is 20.8 Å². The summed E-state index contributed by atoms with van der Waals surface area (Å²) in [6, 6.07) is 12.1. The van der Waals surface area contributed by atoms with Crippen molar-refractivity contribution < 1.29 is 14.6 Å². The number of anilines is 1. The molecule has 0 aliphatic carbocycles. The van der Waals surface area contributed by atoms with Gasteiger partial charge in [0.15, 0.2) is 0 Å². The summed E-state index contributed by atoms with van der Waals surface area (Å²) in [6.45, 7) is 0.517. The lowest BCUT2D eigenvalue weighted by atomic mass is 10.2. The average molecular weight is 368 g/mol. The van der Waals surface area contributed by atoms with Crippen molar-refractivity contribution in [3.05, 3.63) is 52.5 Å². The van der Waals surface area contributed by atoms with Crippen molar-refractivity contribution in [2.75, 3.05) is 18.1 Å². The summed E-state index contributed by atoms with van der Waals surface area (Å²) in [7, 11) is 0. The molecule has 2 rings (SSSR count). The van der Waals surface area contributed by atoms with Crippen molar-refractivity contribution in [3.63, 3.8) is 0 Å². The van der Waals surface area contributed by atoms with Crippen LogP contribution in [0.5, 0.6) is 5.75 Å². The SMILES string of the molecule is Nc1ccc(Br)cc1SCCOc1ccc(C(=O)O)cc1. The summed E-state index contributed by atoms with van der Waals surface area (Å²) in [6.07, 6.45) is 0. The van der Waals surface area contributed by atoms with Crippen LogP contribution in [0.15, 0.2) is 51.8 Å². The van der Waals surface area contributed by atoms with Crippen molar-refractivity contribution in [3.8, 4) is 5.75 Å². The second-order valence-corrected chi connectivity index (χ2v) is 6.26. The van der Waals surface area contributed by atoms with Gasteiger partial charge in [0.2, 0.25) is 0 Å². The van der Waals surface area contributed by atoms with E-state index in [1.807, 2.05) is 18.2 Å². The number of ether oxygens (including phenoxy) is 1. The number of carboxylic acids is 1. The number of rotatable bonds is 6. The predicted molar refractivity (Wildman–Crippen MR) is 88.2 cm³/mol. The van der Waals surface area contributed by atoms with E-state index in [2.05, 4.69) is 15.9 Å². The molecule has 3 N–H and O–H groups in total. The maximum absolute atomic E-state index is 10.7. The summed E-state index contributed by atoms with van der Waals surface area (Å²) in [5.74, 6) is 0.464. The average Bonchev–Trinajstić information content (AvgIpc) is 2.47. The molecule has 0 bridgehead atoms. The van der Waals surface area contributed by atoms with E-state index in [0.29, 0.717) is 12.4 Å². The van der Waals surface area contributed by atoms with E-state index >= 15 is 0 Å². The molecule has 0 saturated carbocycles. The Morgan fingerprint density at radius 2 is 1.95 bits per heavy atom. The van der Waals surface area contributed by atoms with Crippen molar-refractivity contribution in [2.24, 2.45) is 0 Å². The molecule has 0 aromatic heterocycles. The molecule has 0 heterocycles. The Balaban J connectivity index is 1.81. The van der Waals surface area contributed by atoms with E-state index in [4.69, 9.17) is 15.6 Å². The lowest BCUT2D eigenvalue weighted by Gasteiger charge is -2.08. The highest BCUT2D eigenvalue weighted by Gasteiger charge is 2.03. The molecule has 0 amide bonds. The Bertz CT molecular complexity index is 631. The molecule has 2 aromatic rings. The minimum absolute atomic E-state index is 0.249. The quantitative estimate of drug-likeness (QED) is 0.460. The first-order chi connectivity index (χ1) is 10.1. The summed E-state index contributed by atoms with van der Waals surface area (Å²) < 4.78 is 6.56. The smallest absolute Gasteiger partial charge is 0.335 e. The lowest BCUT2D eigenvalue weighted by Crippen LogP contribution is -2.01. The number of nitrogen functional groups attached to an aromatic ring is 1. The fourth-order valence-corrected chi connectivity index (χ4v) is 2.98. The van der Waals surface area contributed by atoms with Gasteiger partial charge in [0.1, 0.15) is 5.75 Å². The van der Waals surface area contributed by atoms with Gasteiger partial charge in [-0.05, 0) is 42.5 Å². The van der Waals surface area contributed by atoms with Gasteiger partial charge in [-0.1, -0.05) is 15.9 Å². The van der Waals surface area contributed by atoms with Crippen molar-refractivity contribution in [1.82, 2.24) is 0 Å². The van der Waals surface area contributed by atoms with E-state index in [-0.39, 0.29) is 5.56 Å². The molecule has 0 saturated heterocycles. The number of halogens is 1. The molecule has 0 fully saturated rings. The van der Waals surface area contributed by atoms with Gasteiger partial charge in [-0.15, -0.1) is 11.8 Å². The van der Waals surface area contributed by atoms with Gasteiger partial charge in [-0.2, -0.15) is 0 Å². The summed E-state index contributed by atoms with van der Waals surface area (Å²) in [5.41, 5.74) is 6.88. The van der Waals surface area contributed by atoms with Gasteiger partial charge in [0.25, 0.3) is 0 Å². The monoisotopic (exact) mass is 367 g/mol. The Morgan fingerprint density at radius 1 is 1.24 bits per heavy atom. The molecule has 0 radical (unpaired) electrons. The van der Waals surface area contributed by atoms with Crippen LogP contribution in [0.2, 0.25) is 0 Å². The Hall–Kier alpha value is -1.66. The van der Waals surface area contributed by atoms with E-state index < -0.39 is 5.97 Å². The number of hydrogen-bond acceptors (Lipinski definition) is 4. The maximum Gasteiger partial charge on any atom is 0.335 e. The number of hydrogen-bond donors (Lipinski definition) is 2. The largest absolute Gasteiger partial charge is 0.493 e. The molecule has 21 heavy (non-hydrogen) atoms. The molecule has 0 aliphatic rings. The number of thioether (sulfide) groups is 1. The van der Waals surface area contributed by atoms with Crippen LogP contribution in [0.4, 0.5) is 5.69 Å². The van der Waals surface area contributed by atoms with Gasteiger partial charge in [0, 0.05) is 20.8 Å². The second kappa shape index (κ2) is 7.38. The van der Waals surface area contributed by atoms with Crippen molar-refractivity contribution in [2.45, 2.75) is 4.90 Å². The first kappa shape index (κ1) is 15.7. The van der Waals surface area contributed by atoms with Gasteiger partial charge >= 0.3 is 5.97 Å². The third-order valence-corrected chi connectivity index (χ3v) is 4.22. The number of carbonyl (C=O) groups is 1. The van der Waals surface area contributed by atoms with E-state index in [9.17, 15) is 4.79 Å². The van der Waals surface area contributed by atoms with Gasteiger partial charge < -0.3 is 15.6 Å². The highest BCUT2D eigenvalue weighted by Crippen LogP contribution is 2.28. The molecular weight excluding hydrogens is 354 g/mol. The Labute approximate surface area is 135 Å². The van der Waals surface area contributed by atoms with Crippen LogP contribution in [-0.2, 0) is 0 Å². The standard InChI is InChI=1S/C15H14BrNO3S/c16-11-3-6-13(17)14(9-11)21-8-7-20-12-4-1-10(2-5-12)15(18)19/h1-6,9H,7-8,17H2,(H,18,19). The third kappa shape index (κ3) is 4.68. The highest BCUT2D eigenvalue weighted by atomic mass is 79.9. The summed E-state index contributed by atoms with van der Waals surface area (Å²) in [4.78, 5) is 11.7. The molecule has 0 atom stereocenters. The minimum atomic E-state index is -0.942. The maximum atomic E-state index is 10.7. The molecule has 0 aliphatic heterocycles. The molecule has 0 unspecified atom stereocenters. The number of aromatic carboxylic acids is 1. The van der Waals surface area contributed by atoms with E-state index in [1.165, 1.54) is 12.1 Å². The van der Waals surface area contributed by atoms with Gasteiger partial charge in [-0.3, -0.25) is 0 Å². The van der Waals surface area contributed by atoms with Gasteiger partial charge in [-0.25, -0.2) is 4.79 Å². The number of benzene rings is 2. The fraction of sp³-hybridized carbons (Fsp3) is 0.133. The zero-order valence-electron chi connectivity index (χ0n) is 11.1. The van der Waals surface area contributed by atoms with Crippen LogP contribution >= 0.6 is 27.7 Å². The van der Waals surface area contributed by atoms with Crippen LogP contribution in [-0.4, -0.2) is 23.4 Å². The summed E-state index contributed by atoms with van der Waals surface area (Å²) in [5, 5.41) is 8.80. The first-order valence-corrected chi connectivity index (χ1v) is 7.98. The van der Waals surface area contributed by atoms with Crippen LogP contribution < -0.4 is 10.5 Å². The van der Waals surface area contributed by atoms with Crippen LogP contribution in [0.3, 0.4) is 0 Å². The zero-order chi connectivity index (χ0) is 15.2. The topological polar surface area (TPSA) is 72.5 Å². The molecule has 0 spiro atoms. The Morgan fingerprint density at radius 3 is 2.62 bits per heavy atom. The van der Waals surface area contributed by atoms with Crippen molar-refractivity contribution >= 4 is 39.3 Å². The van der Waals surface area contributed by atoms with Gasteiger partial charge in [0.05, 0.1) is 12.2 Å². The summed E-state index contributed by atoms with van der Waals surface area (Å²) >= 11 is 5.03. The number of nitrogens with two attached hydrogens (primary N) is 1. The minimum Gasteiger partial charge on any atom is -0.493 e. The normalized spacial score (nSPS) is 10.3. The molecular formula is C15H14BrNO3S. The molecule has 2 aromatic carbocycles. The van der Waals surface area contributed by atoms with E-state index in [1.54, 1.807) is 23.9 Å². The van der Waals surface area contributed by atoms with Crippen molar-refractivity contribution in [1.29, 1.82) is 0 Å². The number of carboxylic acid groups (broad SMARTS) is 1. The zero-order valence-corrected chi connectivity index (χ0v) is 13.5. The third-order valence-electron chi connectivity index (χ3n) is 2.69. The molecule has 6 heteroatoms. The fourth-order valence-electron chi connectivity index (χ4n) is 1.64. The van der Waals surface area contributed by atoms with Crippen LogP contribution in [0.25, 0.3) is 0 Å². The first-order valence-electron chi connectivity index (χ1n) is 6.20. The molecule has 4 nitrogen and oxygen atoms in total. The second-order valence-electron chi connectivity index (χ2n) is 4.21. The predicted octanol–water partition coefficient (Wildman–Crippen LogP) is 3.90. The van der Waals surface area contributed by atoms with Crippen LogP contribution in [0.1, 0.15) is 10.4 Å². The molecule has 110 valence electrons. The lowest BCUT2D eigenvalue weighted by molar-refractivity contribution is 0.0697. The Kier molecular flexibility index (Phi) is 5.52.